The van der Waals surface area contributed by atoms with E-state index in [0.717, 1.165) is 39.1 Å². The lowest BCUT2D eigenvalue weighted by molar-refractivity contribution is 0.0827. The number of fused-ring (bicyclic) bond motifs is 1. The number of nitrogens with two attached hydrogens (primary N) is 1. The molecule has 1 atom stereocenters. The molecule has 1 aliphatic heterocycles. The fourth-order valence-corrected chi connectivity index (χ4v) is 5.27. The van der Waals surface area contributed by atoms with E-state index in [2.05, 4.69) is 32.4 Å². The van der Waals surface area contributed by atoms with Crippen LogP contribution in [0, 0.1) is 6.92 Å². The number of aromatic nitrogens is 3. The molecule has 7 heteroatoms. The number of anilines is 1. The molecule has 1 aromatic carbocycles. The van der Waals surface area contributed by atoms with Gasteiger partial charge in [0.1, 0.15) is 5.65 Å². The number of nitrogen functional groups attached to an aromatic ring is 1. The van der Waals surface area contributed by atoms with Crippen molar-refractivity contribution in [3.63, 3.8) is 0 Å². The van der Waals surface area contributed by atoms with E-state index in [-0.39, 0.29) is 16.5 Å². The minimum atomic E-state index is -3.12. The van der Waals surface area contributed by atoms with E-state index < -0.39 is 19.9 Å². The number of hydrogen-bond acceptors (Lipinski definition) is 5. The Labute approximate surface area is 226 Å². The largest absolute Gasteiger partial charge is 0.397 e. The number of aryl methyl sites for hydroxylation is 2. The highest BCUT2D eigenvalue weighted by atomic mass is 16.2. The summed E-state index contributed by atoms with van der Waals surface area (Å²) >= 11 is 0. The molecule has 1 unspecified atom stereocenters. The average Bonchev–Trinajstić information content (AvgIpc) is 3.28. The molecule has 4 heterocycles. The van der Waals surface area contributed by atoms with Crippen molar-refractivity contribution in [3.05, 3.63) is 83.3 Å². The van der Waals surface area contributed by atoms with E-state index in [1.165, 1.54) is 6.07 Å². The first-order valence-electron chi connectivity index (χ1n) is 15.2. The summed E-state index contributed by atoms with van der Waals surface area (Å²) in [7, 11) is 2.00. The van der Waals surface area contributed by atoms with Crippen molar-refractivity contribution in [3.8, 4) is 11.3 Å². The standard InChI is InChI=1S/C30H34N6O/c1-19-7-6-8-24(30(37)34(3)4)28(19)21-12-15-36(16-13-21)20(2)27-17-25-23(11-14-32-29(25)35(27)5)26-10-9-22(31)18-33-26/h6-12,14,17-18,20H,13,15-16,31H2,1-5H3/i3D3,4D3. The zero-order valence-electron chi connectivity index (χ0n) is 27.2. The molecule has 3 aromatic heterocycles. The van der Waals surface area contributed by atoms with Gasteiger partial charge in [0.05, 0.1) is 17.6 Å². The van der Waals surface area contributed by atoms with Gasteiger partial charge in [0.2, 0.25) is 0 Å². The average molecular weight is 501 g/mol. The lowest BCUT2D eigenvalue weighted by atomic mass is 9.90. The molecule has 1 amide bonds. The molecule has 2 N–H and O–H groups in total. The monoisotopic (exact) mass is 500 g/mol. The van der Waals surface area contributed by atoms with Gasteiger partial charge in [-0.2, -0.15) is 0 Å². The topological polar surface area (TPSA) is 80.3 Å². The maximum atomic E-state index is 13.4. The van der Waals surface area contributed by atoms with E-state index in [4.69, 9.17) is 14.0 Å². The number of carbonyl (C=O) groups is 1. The zero-order chi connectivity index (χ0) is 31.3. The van der Waals surface area contributed by atoms with Crippen molar-refractivity contribution >= 4 is 28.2 Å². The van der Waals surface area contributed by atoms with Crippen molar-refractivity contribution < 1.29 is 13.0 Å². The summed E-state index contributed by atoms with van der Waals surface area (Å²) in [6.07, 6.45) is 6.06. The number of nitrogens with zero attached hydrogens (tertiary/aromatic N) is 5. The highest BCUT2D eigenvalue weighted by Gasteiger charge is 2.25. The Kier molecular flexibility index (Phi) is 4.86. The molecule has 0 saturated heterocycles. The van der Waals surface area contributed by atoms with Crippen molar-refractivity contribution in [2.45, 2.75) is 26.3 Å². The number of pyridine rings is 2. The van der Waals surface area contributed by atoms with Gasteiger partial charge in [-0.1, -0.05) is 18.2 Å². The van der Waals surface area contributed by atoms with Crippen LogP contribution in [0.25, 0.3) is 27.9 Å². The Bertz CT molecular complexity index is 1690. The van der Waals surface area contributed by atoms with Gasteiger partial charge >= 0.3 is 0 Å². The van der Waals surface area contributed by atoms with Crippen LogP contribution in [0.15, 0.2) is 60.9 Å². The number of hydrogen-bond donors (Lipinski definition) is 1. The molecule has 0 bridgehead atoms. The van der Waals surface area contributed by atoms with Gasteiger partial charge in [-0.15, -0.1) is 0 Å². The van der Waals surface area contributed by atoms with Crippen molar-refractivity contribution in [2.24, 2.45) is 7.05 Å². The van der Waals surface area contributed by atoms with Gasteiger partial charge in [0, 0.05) is 76.8 Å². The third-order valence-electron chi connectivity index (χ3n) is 7.27. The Balaban J connectivity index is 1.44. The smallest absolute Gasteiger partial charge is 0.253 e. The molecule has 0 radical (unpaired) electrons. The third-order valence-corrected chi connectivity index (χ3v) is 7.27. The fraction of sp³-hybridized carbons (Fsp3) is 0.300. The first-order valence-corrected chi connectivity index (χ1v) is 12.2. The second kappa shape index (κ2) is 9.82. The maximum absolute atomic E-state index is 13.4. The van der Waals surface area contributed by atoms with Gasteiger partial charge in [-0.25, -0.2) is 4.98 Å². The third kappa shape index (κ3) is 4.51. The van der Waals surface area contributed by atoms with Crippen LogP contribution < -0.4 is 5.73 Å². The molecule has 0 saturated carbocycles. The Morgan fingerprint density at radius 3 is 2.73 bits per heavy atom. The molecule has 37 heavy (non-hydrogen) atoms. The van der Waals surface area contributed by atoms with Gasteiger partial charge < -0.3 is 15.2 Å². The summed E-state index contributed by atoms with van der Waals surface area (Å²) < 4.78 is 48.4. The molecule has 0 aliphatic carbocycles. The summed E-state index contributed by atoms with van der Waals surface area (Å²) in [5.41, 5.74) is 12.5. The molecule has 5 rings (SSSR count). The van der Waals surface area contributed by atoms with E-state index in [1.54, 1.807) is 18.5 Å². The van der Waals surface area contributed by atoms with Crippen LogP contribution in [0.5, 0.6) is 0 Å². The minimum absolute atomic E-state index is 0.0261. The van der Waals surface area contributed by atoms with Crippen LogP contribution in [-0.2, 0) is 7.05 Å². The highest BCUT2D eigenvalue weighted by molar-refractivity contribution is 5.99. The minimum Gasteiger partial charge on any atom is -0.397 e. The summed E-state index contributed by atoms with van der Waals surface area (Å²) in [4.78, 5) is 24.9. The first-order chi connectivity index (χ1) is 20.2. The fourth-order valence-electron chi connectivity index (χ4n) is 5.27. The molecular formula is C30H34N6O. The van der Waals surface area contributed by atoms with Crippen molar-refractivity contribution in [1.82, 2.24) is 24.3 Å². The SMILES string of the molecule is [2H]C([2H])([2H])N(C(=O)c1cccc(C)c1C1=CCN(C(C)c2cc3c(-c4ccc(N)cn4)ccnc3n2C)CC1)C([2H])([2H])[2H]. The normalized spacial score (nSPS) is 18.1. The Morgan fingerprint density at radius 1 is 1.19 bits per heavy atom. The predicted octanol–water partition coefficient (Wildman–Crippen LogP) is 5.08. The zero-order valence-corrected chi connectivity index (χ0v) is 21.2. The van der Waals surface area contributed by atoms with Crippen LogP contribution in [0.2, 0.25) is 0 Å². The van der Waals surface area contributed by atoms with Crippen LogP contribution in [-0.4, -0.2) is 57.3 Å². The molecule has 4 aromatic rings. The van der Waals surface area contributed by atoms with E-state index >= 15 is 0 Å². The van der Waals surface area contributed by atoms with Crippen LogP contribution in [0.1, 0.15) is 54.8 Å². The molecule has 0 spiro atoms. The predicted molar refractivity (Wildman–Crippen MR) is 150 cm³/mol. The Morgan fingerprint density at radius 2 is 2.03 bits per heavy atom. The van der Waals surface area contributed by atoms with Crippen LogP contribution in [0.3, 0.4) is 0 Å². The van der Waals surface area contributed by atoms with Gasteiger partial charge in [-0.3, -0.25) is 14.7 Å². The number of amides is 1. The number of carbonyl (C=O) groups excluding carboxylic acids is 1. The quantitative estimate of drug-likeness (QED) is 0.413. The molecule has 0 fully saturated rings. The lowest BCUT2D eigenvalue weighted by Gasteiger charge is -2.33. The second-order valence-electron chi connectivity index (χ2n) is 9.49. The molecular weight excluding hydrogens is 460 g/mol. The summed E-state index contributed by atoms with van der Waals surface area (Å²) in [5, 5.41) is 0.994. The Hall–Kier alpha value is -3.97. The highest BCUT2D eigenvalue weighted by Crippen LogP contribution is 2.35. The second-order valence-corrected chi connectivity index (χ2v) is 9.49. The van der Waals surface area contributed by atoms with Crippen LogP contribution in [0.4, 0.5) is 5.69 Å². The van der Waals surface area contributed by atoms with E-state index in [1.807, 2.05) is 44.3 Å². The number of benzene rings is 1. The lowest BCUT2D eigenvalue weighted by Crippen LogP contribution is -2.32. The summed E-state index contributed by atoms with van der Waals surface area (Å²) in [6.45, 7) is -0.989. The van der Waals surface area contributed by atoms with Gasteiger partial charge in [0.25, 0.3) is 5.91 Å². The molecule has 7 nitrogen and oxygen atoms in total. The molecule has 190 valence electrons. The maximum Gasteiger partial charge on any atom is 0.253 e. The summed E-state index contributed by atoms with van der Waals surface area (Å²) in [5.74, 6) is -1.04. The molecule has 1 aliphatic rings. The van der Waals surface area contributed by atoms with Crippen molar-refractivity contribution in [2.75, 3.05) is 32.8 Å². The number of rotatable bonds is 5. The van der Waals surface area contributed by atoms with Gasteiger partial charge in [-0.05, 0) is 67.3 Å². The van der Waals surface area contributed by atoms with E-state index in [9.17, 15) is 4.79 Å². The van der Waals surface area contributed by atoms with Crippen LogP contribution >= 0.6 is 0 Å². The summed E-state index contributed by atoms with van der Waals surface area (Å²) in [6, 6.07) is 12.8. The van der Waals surface area contributed by atoms with Crippen molar-refractivity contribution in [1.29, 1.82) is 0 Å². The van der Waals surface area contributed by atoms with E-state index in [0.29, 0.717) is 30.8 Å². The van der Waals surface area contributed by atoms with Gasteiger partial charge in [0.15, 0.2) is 0 Å². The first kappa shape index (κ1) is 18.3.